The Hall–Kier alpha value is -3.85. The Balaban J connectivity index is 1.99. The Labute approximate surface area is 199 Å². The van der Waals surface area contributed by atoms with E-state index in [1.54, 1.807) is 66.7 Å². The maximum Gasteiger partial charge on any atom is 0.333 e. The minimum absolute atomic E-state index is 0.0179. The lowest BCUT2D eigenvalue weighted by Gasteiger charge is -2.26. The van der Waals surface area contributed by atoms with Crippen LogP contribution in [0, 0.1) is 6.92 Å². The zero-order chi connectivity index (χ0) is 24.7. The van der Waals surface area contributed by atoms with E-state index in [4.69, 9.17) is 9.47 Å². The minimum atomic E-state index is -4.15. The predicted molar refractivity (Wildman–Crippen MR) is 128 cm³/mol. The highest BCUT2D eigenvalue weighted by Crippen LogP contribution is 2.32. The fourth-order valence-corrected chi connectivity index (χ4v) is 4.78. The largest absolute Gasteiger partial charge is 0.495 e. The molecule has 0 radical (unpaired) electrons. The van der Waals surface area contributed by atoms with Gasteiger partial charge in [-0.15, -0.1) is 0 Å². The van der Waals surface area contributed by atoms with Crippen molar-refractivity contribution in [3.63, 3.8) is 0 Å². The molecular weight excluding hydrogens is 456 g/mol. The van der Waals surface area contributed by atoms with E-state index in [0.29, 0.717) is 5.56 Å². The van der Waals surface area contributed by atoms with Gasteiger partial charge in [0, 0.05) is 0 Å². The molecular formula is C25H26N2O6S. The van der Waals surface area contributed by atoms with Crippen LogP contribution in [0.5, 0.6) is 5.75 Å². The average molecular weight is 483 g/mol. The highest BCUT2D eigenvalue weighted by atomic mass is 32.2. The van der Waals surface area contributed by atoms with Crippen molar-refractivity contribution in [2.45, 2.75) is 17.9 Å². The first-order valence-corrected chi connectivity index (χ1v) is 11.9. The smallest absolute Gasteiger partial charge is 0.333 e. The monoisotopic (exact) mass is 482 g/mol. The number of ether oxygens (including phenoxy) is 2. The molecule has 0 bridgehead atoms. The molecule has 1 atom stereocenters. The van der Waals surface area contributed by atoms with E-state index in [2.05, 4.69) is 5.32 Å². The van der Waals surface area contributed by atoms with E-state index in [0.717, 1.165) is 9.87 Å². The molecule has 0 spiro atoms. The van der Waals surface area contributed by atoms with Crippen LogP contribution >= 0.6 is 0 Å². The highest BCUT2D eigenvalue weighted by molar-refractivity contribution is 7.92. The molecule has 1 N–H and O–H groups in total. The highest BCUT2D eigenvalue weighted by Gasteiger charge is 2.31. The second-order valence-corrected chi connectivity index (χ2v) is 9.29. The zero-order valence-corrected chi connectivity index (χ0v) is 19.9. The number of sulfonamides is 1. The van der Waals surface area contributed by atoms with Crippen LogP contribution in [0.15, 0.2) is 83.8 Å². The molecule has 9 heteroatoms. The van der Waals surface area contributed by atoms with E-state index in [9.17, 15) is 18.0 Å². The van der Waals surface area contributed by atoms with Gasteiger partial charge in [-0.1, -0.05) is 60.2 Å². The van der Waals surface area contributed by atoms with Gasteiger partial charge in [0.25, 0.3) is 10.0 Å². The van der Waals surface area contributed by atoms with Gasteiger partial charge in [0.15, 0.2) is 6.04 Å². The van der Waals surface area contributed by atoms with E-state index in [1.807, 2.05) is 6.92 Å². The fourth-order valence-electron chi connectivity index (χ4n) is 3.35. The Bertz CT molecular complexity index is 1240. The molecule has 178 valence electrons. The summed E-state index contributed by atoms with van der Waals surface area (Å²) in [6.45, 7) is 1.26. The number of carbonyl (C=O) groups excluding carboxylic acids is 2. The molecule has 0 aliphatic rings. The number of nitrogens with one attached hydrogen (secondary N) is 1. The van der Waals surface area contributed by atoms with Gasteiger partial charge in [0.1, 0.15) is 12.3 Å². The van der Waals surface area contributed by atoms with Crippen molar-refractivity contribution in [3.8, 4) is 5.75 Å². The van der Waals surface area contributed by atoms with Crippen LogP contribution in [0.4, 0.5) is 5.69 Å². The van der Waals surface area contributed by atoms with Crippen molar-refractivity contribution in [3.05, 3.63) is 90.0 Å². The number of anilines is 1. The molecule has 3 aromatic rings. The van der Waals surface area contributed by atoms with Crippen molar-refractivity contribution in [2.75, 3.05) is 25.1 Å². The fraction of sp³-hybridized carbons (Fsp3) is 0.200. The molecule has 3 aromatic carbocycles. The molecule has 0 unspecified atom stereocenters. The number of nitrogens with zero attached hydrogens (tertiary/aromatic N) is 1. The van der Waals surface area contributed by atoms with E-state index < -0.39 is 34.5 Å². The van der Waals surface area contributed by atoms with Gasteiger partial charge in [0.2, 0.25) is 5.91 Å². The van der Waals surface area contributed by atoms with E-state index in [-0.39, 0.29) is 16.3 Å². The quantitative estimate of drug-likeness (QED) is 0.470. The first kappa shape index (κ1) is 24.8. The Morgan fingerprint density at radius 3 is 2.15 bits per heavy atom. The summed E-state index contributed by atoms with van der Waals surface area (Å²) < 4.78 is 38.3. The lowest BCUT2D eigenvalue weighted by molar-refractivity contribution is -0.145. The van der Waals surface area contributed by atoms with Crippen LogP contribution in [-0.4, -0.2) is 41.1 Å². The minimum Gasteiger partial charge on any atom is -0.495 e. The second kappa shape index (κ2) is 10.8. The number of esters is 1. The zero-order valence-electron chi connectivity index (χ0n) is 19.1. The summed E-state index contributed by atoms with van der Waals surface area (Å²) in [4.78, 5) is 25.5. The van der Waals surface area contributed by atoms with Crippen LogP contribution in [0.2, 0.25) is 0 Å². The Morgan fingerprint density at radius 1 is 0.912 bits per heavy atom. The lowest BCUT2D eigenvalue weighted by atomic mass is 10.1. The normalized spacial score (nSPS) is 11.9. The van der Waals surface area contributed by atoms with Gasteiger partial charge in [-0.05, 0) is 36.8 Å². The number of methoxy groups -OCH3 is 2. The molecule has 1 amide bonds. The van der Waals surface area contributed by atoms with Crippen LogP contribution in [0.1, 0.15) is 17.2 Å². The molecule has 3 rings (SSSR count). The van der Waals surface area contributed by atoms with Gasteiger partial charge < -0.3 is 14.8 Å². The molecule has 0 heterocycles. The van der Waals surface area contributed by atoms with Gasteiger partial charge >= 0.3 is 5.97 Å². The summed E-state index contributed by atoms with van der Waals surface area (Å²) >= 11 is 0. The molecule has 0 aliphatic carbocycles. The molecule has 8 nitrogen and oxygen atoms in total. The summed E-state index contributed by atoms with van der Waals surface area (Å²) in [5.74, 6) is -1.09. The van der Waals surface area contributed by atoms with Gasteiger partial charge in [-0.3, -0.25) is 9.10 Å². The Morgan fingerprint density at radius 2 is 1.53 bits per heavy atom. The number of amides is 1. The number of rotatable bonds is 9. The Kier molecular flexibility index (Phi) is 7.91. The van der Waals surface area contributed by atoms with Crippen LogP contribution < -0.4 is 14.4 Å². The molecule has 0 saturated carbocycles. The van der Waals surface area contributed by atoms with Crippen molar-refractivity contribution in [1.82, 2.24) is 5.32 Å². The first-order valence-electron chi connectivity index (χ1n) is 10.4. The van der Waals surface area contributed by atoms with Gasteiger partial charge in [0.05, 0.1) is 24.8 Å². The van der Waals surface area contributed by atoms with Crippen molar-refractivity contribution >= 4 is 27.6 Å². The molecule has 0 aromatic heterocycles. The summed E-state index contributed by atoms with van der Waals surface area (Å²) in [5.41, 5.74) is 1.59. The summed E-state index contributed by atoms with van der Waals surface area (Å²) in [6, 6.07) is 20.3. The number of carbonyl (C=O) groups is 2. The predicted octanol–water partition coefficient (Wildman–Crippen LogP) is 3.23. The summed E-state index contributed by atoms with van der Waals surface area (Å²) in [7, 11) is -1.52. The van der Waals surface area contributed by atoms with Crippen molar-refractivity contribution in [2.24, 2.45) is 0 Å². The van der Waals surface area contributed by atoms with Crippen LogP contribution in [-0.2, 0) is 24.3 Å². The second-order valence-electron chi connectivity index (χ2n) is 7.43. The third-order valence-corrected chi connectivity index (χ3v) is 6.90. The number of hydrogen-bond donors (Lipinski definition) is 1. The van der Waals surface area contributed by atoms with Gasteiger partial charge in [-0.2, -0.15) is 0 Å². The van der Waals surface area contributed by atoms with Crippen molar-refractivity contribution < 1.29 is 27.5 Å². The third kappa shape index (κ3) is 5.55. The summed E-state index contributed by atoms with van der Waals surface area (Å²) in [5, 5.41) is 2.59. The summed E-state index contributed by atoms with van der Waals surface area (Å²) in [6.07, 6.45) is 0. The maximum absolute atomic E-state index is 13.6. The third-order valence-electron chi connectivity index (χ3n) is 5.13. The molecule has 0 fully saturated rings. The van der Waals surface area contributed by atoms with E-state index in [1.165, 1.54) is 26.4 Å². The number of hydrogen-bond acceptors (Lipinski definition) is 6. The molecule has 0 saturated heterocycles. The maximum atomic E-state index is 13.6. The number of aryl methyl sites for hydroxylation is 1. The van der Waals surface area contributed by atoms with E-state index >= 15 is 0 Å². The SMILES string of the molecule is COC(=O)[C@H](NC(=O)CN(c1ccccc1OC)S(=O)(=O)c1ccc(C)cc1)c1ccccc1. The topological polar surface area (TPSA) is 102 Å². The molecule has 0 aliphatic heterocycles. The number of para-hydroxylation sites is 2. The number of benzene rings is 3. The van der Waals surface area contributed by atoms with Crippen molar-refractivity contribution in [1.29, 1.82) is 0 Å². The average Bonchev–Trinajstić information content (AvgIpc) is 2.86. The van der Waals surface area contributed by atoms with Gasteiger partial charge in [-0.25, -0.2) is 13.2 Å². The first-order chi connectivity index (χ1) is 16.3. The lowest BCUT2D eigenvalue weighted by Crippen LogP contribution is -2.44. The van der Waals surface area contributed by atoms with Crippen LogP contribution in [0.3, 0.4) is 0 Å². The standard InChI is InChI=1S/C25H26N2O6S/c1-18-13-15-20(16-14-18)34(30,31)27(21-11-7-8-12-22(21)32-2)17-23(28)26-24(25(29)33-3)19-9-5-4-6-10-19/h4-16,24H,17H2,1-3H3,(H,26,28)/t24-/m1/s1. The molecule has 34 heavy (non-hydrogen) atoms. The van der Waals surface area contributed by atoms with Crippen LogP contribution in [0.25, 0.3) is 0 Å².